The molecule has 1 aromatic rings. The van der Waals surface area contributed by atoms with Crippen LogP contribution >= 0.6 is 11.8 Å². The largest absolute Gasteiger partial charge is 0.393 e. The summed E-state index contributed by atoms with van der Waals surface area (Å²) in [5.74, 6) is -0.699. The summed E-state index contributed by atoms with van der Waals surface area (Å²) in [6.07, 6.45) is 5.68. The summed E-state index contributed by atoms with van der Waals surface area (Å²) < 4.78 is 5.31. The number of ether oxygens (including phenoxy) is 1. The van der Waals surface area contributed by atoms with E-state index in [1.165, 1.54) is 12.8 Å². The van der Waals surface area contributed by atoms with E-state index in [2.05, 4.69) is 0 Å². The van der Waals surface area contributed by atoms with Crippen LogP contribution in [0.2, 0.25) is 0 Å². The van der Waals surface area contributed by atoms with Gasteiger partial charge in [-0.15, -0.1) is 11.8 Å². The van der Waals surface area contributed by atoms with Gasteiger partial charge in [0.1, 0.15) is 5.71 Å². The monoisotopic (exact) mass is 336 g/mol. The van der Waals surface area contributed by atoms with Gasteiger partial charge in [-0.2, -0.15) is 0 Å². The van der Waals surface area contributed by atoms with Gasteiger partial charge in [-0.1, -0.05) is 25.0 Å². The molecule has 126 valence electrons. The Morgan fingerprint density at radius 1 is 1.22 bits per heavy atom. The number of primary amides is 1. The first kappa shape index (κ1) is 18.0. The standard InChI is InChI=1S/C12H14N2O2S.C5H10O/c13-11(12(14)15)8-1-3-9(4-2-8)17-10-5-6-16-7-10;6-5-3-1-2-4-5/h1-4,10,13H,5-7H2,(H2,14,15);5-6H,1-4H2. The summed E-state index contributed by atoms with van der Waals surface area (Å²) in [6, 6.07) is 7.34. The molecule has 23 heavy (non-hydrogen) atoms. The molecule has 4 N–H and O–H groups in total. The van der Waals surface area contributed by atoms with Crippen LogP contribution in [-0.4, -0.2) is 41.3 Å². The van der Waals surface area contributed by atoms with Crippen molar-refractivity contribution in [3.8, 4) is 0 Å². The van der Waals surface area contributed by atoms with Crippen LogP contribution in [0.15, 0.2) is 29.2 Å². The Balaban J connectivity index is 0.000000268. The Morgan fingerprint density at radius 2 is 1.87 bits per heavy atom. The normalized spacial score (nSPS) is 20.8. The molecule has 1 aliphatic heterocycles. The number of hydrogen-bond acceptors (Lipinski definition) is 5. The van der Waals surface area contributed by atoms with Gasteiger partial charge >= 0.3 is 0 Å². The van der Waals surface area contributed by atoms with E-state index < -0.39 is 5.91 Å². The number of benzene rings is 1. The molecule has 1 aromatic carbocycles. The van der Waals surface area contributed by atoms with Crippen molar-refractivity contribution >= 4 is 23.4 Å². The number of nitrogens with two attached hydrogens (primary N) is 1. The third kappa shape index (κ3) is 5.97. The van der Waals surface area contributed by atoms with E-state index >= 15 is 0 Å². The average molecular weight is 336 g/mol. The molecule has 2 aliphatic rings. The minimum atomic E-state index is -0.699. The van der Waals surface area contributed by atoms with Gasteiger partial charge in [-0.05, 0) is 31.4 Å². The molecule has 0 aromatic heterocycles. The van der Waals surface area contributed by atoms with E-state index in [9.17, 15) is 4.79 Å². The van der Waals surface area contributed by atoms with Crippen LogP contribution in [-0.2, 0) is 9.53 Å². The van der Waals surface area contributed by atoms with Gasteiger partial charge in [0.2, 0.25) is 0 Å². The quantitative estimate of drug-likeness (QED) is 0.735. The first-order valence-corrected chi connectivity index (χ1v) is 8.85. The van der Waals surface area contributed by atoms with Crippen LogP contribution in [0.5, 0.6) is 0 Å². The molecule has 0 bridgehead atoms. The lowest BCUT2D eigenvalue weighted by molar-refractivity contribution is -0.112. The predicted octanol–water partition coefficient (Wildman–Crippen LogP) is 2.34. The highest BCUT2D eigenvalue weighted by Gasteiger charge is 2.17. The van der Waals surface area contributed by atoms with Crippen LogP contribution < -0.4 is 5.73 Å². The number of carbonyl (C=O) groups is 1. The average Bonchev–Trinajstić information content (AvgIpc) is 3.22. The van der Waals surface area contributed by atoms with Crippen LogP contribution in [0.25, 0.3) is 0 Å². The SMILES string of the molecule is N=C(C(N)=O)c1ccc(SC2CCOC2)cc1.OC1CCCC1. The molecule has 3 rings (SSSR count). The molecule has 0 radical (unpaired) electrons. The summed E-state index contributed by atoms with van der Waals surface area (Å²) in [6.45, 7) is 1.63. The van der Waals surface area contributed by atoms with E-state index in [1.807, 2.05) is 12.1 Å². The molecule has 1 saturated carbocycles. The summed E-state index contributed by atoms with van der Waals surface area (Å²) in [5.41, 5.74) is 5.47. The van der Waals surface area contributed by atoms with Gasteiger partial charge < -0.3 is 15.6 Å². The molecular weight excluding hydrogens is 312 g/mol. The molecule has 1 atom stereocenters. The minimum absolute atomic E-state index is 0.0463. The summed E-state index contributed by atoms with van der Waals surface area (Å²) in [7, 11) is 0. The highest BCUT2D eigenvalue weighted by Crippen LogP contribution is 2.28. The van der Waals surface area contributed by atoms with Crippen LogP contribution in [0, 0.1) is 5.41 Å². The minimum Gasteiger partial charge on any atom is -0.393 e. The molecule has 1 unspecified atom stereocenters. The number of carbonyl (C=O) groups excluding carboxylic acids is 1. The Hall–Kier alpha value is -1.37. The fourth-order valence-electron chi connectivity index (χ4n) is 2.54. The van der Waals surface area contributed by atoms with Crippen molar-refractivity contribution in [2.24, 2.45) is 5.73 Å². The summed E-state index contributed by atoms with van der Waals surface area (Å²) in [4.78, 5) is 12.0. The van der Waals surface area contributed by atoms with Crippen LogP contribution in [0.4, 0.5) is 0 Å². The maximum atomic E-state index is 10.8. The second-order valence-corrected chi connectivity index (χ2v) is 7.18. The number of hydrogen-bond donors (Lipinski definition) is 3. The second-order valence-electron chi connectivity index (χ2n) is 5.81. The number of aliphatic hydroxyl groups is 1. The molecule has 6 heteroatoms. The third-order valence-electron chi connectivity index (χ3n) is 3.90. The lowest BCUT2D eigenvalue weighted by Gasteiger charge is -2.07. The summed E-state index contributed by atoms with van der Waals surface area (Å²) >= 11 is 1.77. The summed E-state index contributed by atoms with van der Waals surface area (Å²) in [5, 5.41) is 16.7. The van der Waals surface area contributed by atoms with Crippen molar-refractivity contribution in [1.29, 1.82) is 5.41 Å². The predicted molar refractivity (Wildman–Crippen MR) is 92.0 cm³/mol. The maximum Gasteiger partial charge on any atom is 0.267 e. The number of amides is 1. The highest BCUT2D eigenvalue weighted by molar-refractivity contribution is 8.00. The molecule has 2 fully saturated rings. The molecule has 5 nitrogen and oxygen atoms in total. The maximum absolute atomic E-state index is 10.8. The van der Waals surface area contributed by atoms with Gasteiger partial charge in [-0.25, -0.2) is 0 Å². The van der Waals surface area contributed by atoms with Crippen molar-refractivity contribution in [1.82, 2.24) is 0 Å². The highest BCUT2D eigenvalue weighted by atomic mass is 32.2. The molecule has 1 heterocycles. The van der Waals surface area contributed by atoms with Gasteiger partial charge in [0.25, 0.3) is 5.91 Å². The number of rotatable bonds is 4. The Labute approximate surface area is 141 Å². The van der Waals surface area contributed by atoms with Crippen LogP contribution in [0.1, 0.15) is 37.7 Å². The van der Waals surface area contributed by atoms with Gasteiger partial charge in [-0.3, -0.25) is 10.2 Å². The van der Waals surface area contributed by atoms with E-state index in [4.69, 9.17) is 21.0 Å². The van der Waals surface area contributed by atoms with Gasteiger partial charge in [0, 0.05) is 22.3 Å². The molecule has 1 amide bonds. The Kier molecular flexibility index (Phi) is 7.08. The zero-order chi connectivity index (χ0) is 16.7. The van der Waals surface area contributed by atoms with Gasteiger partial charge in [0.15, 0.2) is 0 Å². The molecule has 1 aliphatic carbocycles. The fraction of sp³-hybridized carbons (Fsp3) is 0.529. The second kappa shape index (κ2) is 9.05. The van der Waals surface area contributed by atoms with Crippen molar-refractivity contribution in [2.75, 3.05) is 13.2 Å². The third-order valence-corrected chi connectivity index (χ3v) is 5.15. The van der Waals surface area contributed by atoms with Crippen molar-refractivity contribution in [3.05, 3.63) is 29.8 Å². The molecular formula is C17H24N2O3S. The zero-order valence-corrected chi connectivity index (χ0v) is 14.0. The number of aliphatic hydroxyl groups excluding tert-OH is 1. The zero-order valence-electron chi connectivity index (χ0n) is 13.2. The number of nitrogens with one attached hydrogen (secondary N) is 1. The first-order chi connectivity index (χ1) is 11.1. The Morgan fingerprint density at radius 3 is 2.30 bits per heavy atom. The van der Waals surface area contributed by atoms with E-state index in [-0.39, 0.29) is 11.8 Å². The lowest BCUT2D eigenvalue weighted by Crippen LogP contribution is -2.22. The lowest BCUT2D eigenvalue weighted by atomic mass is 10.1. The fourth-order valence-corrected chi connectivity index (χ4v) is 3.60. The molecule has 0 spiro atoms. The topological polar surface area (TPSA) is 96.4 Å². The first-order valence-electron chi connectivity index (χ1n) is 7.97. The smallest absolute Gasteiger partial charge is 0.267 e. The molecule has 1 saturated heterocycles. The van der Waals surface area contributed by atoms with Crippen molar-refractivity contribution in [3.63, 3.8) is 0 Å². The number of thioether (sulfide) groups is 1. The van der Waals surface area contributed by atoms with E-state index in [1.54, 1.807) is 23.9 Å². The van der Waals surface area contributed by atoms with Gasteiger partial charge in [0.05, 0.1) is 12.7 Å². The van der Waals surface area contributed by atoms with E-state index in [0.717, 1.165) is 37.4 Å². The van der Waals surface area contributed by atoms with E-state index in [0.29, 0.717) is 10.8 Å². The van der Waals surface area contributed by atoms with Crippen LogP contribution in [0.3, 0.4) is 0 Å². The Bertz CT molecular complexity index is 521. The van der Waals surface area contributed by atoms with Crippen molar-refractivity contribution < 1.29 is 14.6 Å². The van der Waals surface area contributed by atoms with Crippen molar-refractivity contribution in [2.45, 2.75) is 48.4 Å².